The van der Waals surface area contributed by atoms with Crippen LogP contribution in [0.5, 0.6) is 0 Å². The Morgan fingerprint density at radius 3 is 2.27 bits per heavy atom. The summed E-state index contributed by atoms with van der Waals surface area (Å²) >= 11 is 11.9. The SMILES string of the molecule is CC(C)[CH]CCC[Si](C)(Cl)Cl. The molecule has 67 valence electrons. The van der Waals surface area contributed by atoms with E-state index >= 15 is 0 Å². The molecule has 3 heteroatoms. The highest BCUT2D eigenvalue weighted by atomic mass is 35.7. The van der Waals surface area contributed by atoms with Crippen molar-refractivity contribution in [1.29, 1.82) is 0 Å². The summed E-state index contributed by atoms with van der Waals surface area (Å²) < 4.78 is 0. The molecule has 0 fully saturated rings. The molecule has 0 aliphatic carbocycles. The molecule has 0 aliphatic heterocycles. The molecule has 0 atom stereocenters. The van der Waals surface area contributed by atoms with E-state index in [9.17, 15) is 0 Å². The highest BCUT2D eigenvalue weighted by Crippen LogP contribution is 2.23. The average molecular weight is 212 g/mol. The van der Waals surface area contributed by atoms with Crippen molar-refractivity contribution in [2.45, 2.75) is 39.3 Å². The molecule has 0 nitrogen and oxygen atoms in total. The first-order chi connectivity index (χ1) is 4.92. The second kappa shape index (κ2) is 5.44. The summed E-state index contributed by atoms with van der Waals surface area (Å²) in [5.41, 5.74) is 0. The third-order valence-electron chi connectivity index (χ3n) is 1.46. The molecular weight excluding hydrogens is 195 g/mol. The first-order valence-electron chi connectivity index (χ1n) is 4.13. The van der Waals surface area contributed by atoms with Gasteiger partial charge in [0.2, 0.25) is 6.69 Å². The molecule has 0 aromatic carbocycles. The number of hydrogen-bond acceptors (Lipinski definition) is 0. The summed E-state index contributed by atoms with van der Waals surface area (Å²) in [6, 6.07) is 1.01. The molecule has 0 saturated heterocycles. The Labute approximate surface area is 80.7 Å². The van der Waals surface area contributed by atoms with Crippen LogP contribution in [0.15, 0.2) is 0 Å². The summed E-state index contributed by atoms with van der Waals surface area (Å²) in [6.45, 7) is 4.56. The van der Waals surface area contributed by atoms with Crippen LogP contribution >= 0.6 is 22.2 Å². The van der Waals surface area contributed by atoms with E-state index in [0.717, 1.165) is 18.9 Å². The van der Waals surface area contributed by atoms with Crippen molar-refractivity contribution in [3.8, 4) is 0 Å². The smallest absolute Gasteiger partial charge is 0.146 e. The Morgan fingerprint density at radius 1 is 1.36 bits per heavy atom. The van der Waals surface area contributed by atoms with E-state index in [-0.39, 0.29) is 0 Å². The lowest BCUT2D eigenvalue weighted by molar-refractivity contribution is 0.691. The lowest BCUT2D eigenvalue weighted by atomic mass is 10.1. The maximum atomic E-state index is 5.94. The van der Waals surface area contributed by atoms with Crippen LogP contribution in [-0.4, -0.2) is 6.69 Å². The maximum Gasteiger partial charge on any atom is 0.248 e. The molecule has 0 bridgehead atoms. The zero-order valence-corrected chi connectivity index (χ0v) is 10.0. The van der Waals surface area contributed by atoms with Crippen molar-refractivity contribution in [2.24, 2.45) is 5.92 Å². The summed E-state index contributed by atoms with van der Waals surface area (Å²) in [5.74, 6) is 0.688. The molecule has 0 rings (SSSR count). The first kappa shape index (κ1) is 11.8. The molecule has 0 aliphatic rings. The largest absolute Gasteiger partial charge is 0.248 e. The van der Waals surface area contributed by atoms with Gasteiger partial charge in [0.05, 0.1) is 0 Å². The monoisotopic (exact) mass is 211 g/mol. The Morgan fingerprint density at radius 2 is 1.91 bits per heavy atom. The van der Waals surface area contributed by atoms with E-state index in [1.54, 1.807) is 0 Å². The third kappa shape index (κ3) is 10.8. The number of unbranched alkanes of at least 4 members (excludes halogenated alkanes) is 1. The Bertz CT molecular complexity index is 96.8. The normalized spacial score (nSPS) is 12.5. The van der Waals surface area contributed by atoms with Crippen molar-refractivity contribution in [1.82, 2.24) is 0 Å². The number of rotatable bonds is 5. The van der Waals surface area contributed by atoms with E-state index in [2.05, 4.69) is 20.3 Å². The minimum Gasteiger partial charge on any atom is -0.146 e. The van der Waals surface area contributed by atoms with Gasteiger partial charge in [-0.25, -0.2) is 0 Å². The van der Waals surface area contributed by atoms with Crippen LogP contribution < -0.4 is 0 Å². The highest BCUT2D eigenvalue weighted by Gasteiger charge is 2.19. The molecule has 0 amide bonds. The van der Waals surface area contributed by atoms with Gasteiger partial charge in [-0.15, -0.1) is 22.2 Å². The van der Waals surface area contributed by atoms with Crippen molar-refractivity contribution in [3.05, 3.63) is 6.42 Å². The fourth-order valence-corrected chi connectivity index (χ4v) is 2.49. The summed E-state index contributed by atoms with van der Waals surface area (Å²) in [4.78, 5) is 0. The van der Waals surface area contributed by atoms with E-state index in [4.69, 9.17) is 22.2 Å². The van der Waals surface area contributed by atoms with Gasteiger partial charge in [-0.2, -0.15) is 0 Å². The summed E-state index contributed by atoms with van der Waals surface area (Å²) in [5, 5.41) is 0. The molecule has 11 heavy (non-hydrogen) atoms. The van der Waals surface area contributed by atoms with Crippen molar-refractivity contribution in [2.75, 3.05) is 0 Å². The minimum absolute atomic E-state index is 0.688. The minimum atomic E-state index is -1.80. The van der Waals surface area contributed by atoms with Gasteiger partial charge in [-0.1, -0.05) is 26.7 Å². The third-order valence-corrected chi connectivity index (χ3v) is 3.82. The van der Waals surface area contributed by atoms with Crippen LogP contribution in [0.4, 0.5) is 0 Å². The van der Waals surface area contributed by atoms with Gasteiger partial charge in [0, 0.05) is 0 Å². The van der Waals surface area contributed by atoms with E-state index < -0.39 is 6.69 Å². The van der Waals surface area contributed by atoms with E-state index in [1.165, 1.54) is 0 Å². The van der Waals surface area contributed by atoms with Crippen LogP contribution in [0.2, 0.25) is 12.6 Å². The van der Waals surface area contributed by atoms with Crippen molar-refractivity contribution < 1.29 is 0 Å². The first-order valence-corrected chi connectivity index (χ1v) is 8.86. The zero-order valence-electron chi connectivity index (χ0n) is 7.53. The molecule has 0 aromatic rings. The van der Waals surface area contributed by atoms with Crippen molar-refractivity contribution >= 4 is 28.9 Å². The van der Waals surface area contributed by atoms with Gasteiger partial charge in [-0.3, -0.25) is 0 Å². The second-order valence-electron chi connectivity index (χ2n) is 3.44. The lowest BCUT2D eigenvalue weighted by Crippen LogP contribution is -2.11. The molecule has 0 unspecified atom stereocenters. The summed E-state index contributed by atoms with van der Waals surface area (Å²) in [6.07, 6.45) is 4.61. The standard InChI is InChI=1S/C8H17Cl2Si/c1-8(2)6-4-5-7-11(3,9)10/h6,8H,4-5,7H2,1-3H3. The molecule has 0 saturated carbocycles. The van der Waals surface area contributed by atoms with Crippen LogP contribution in [0.3, 0.4) is 0 Å². The Kier molecular flexibility index (Phi) is 5.84. The lowest BCUT2D eigenvalue weighted by Gasteiger charge is -2.09. The van der Waals surface area contributed by atoms with Gasteiger partial charge in [0.1, 0.15) is 0 Å². The highest BCUT2D eigenvalue weighted by molar-refractivity contribution is 7.44. The molecule has 0 heterocycles. The van der Waals surface area contributed by atoms with Gasteiger partial charge >= 0.3 is 0 Å². The predicted octanol–water partition coefficient (Wildman–Crippen LogP) is 4.18. The fourth-order valence-electron chi connectivity index (χ4n) is 0.864. The Balaban J connectivity index is 3.15. The van der Waals surface area contributed by atoms with E-state index in [0.29, 0.717) is 5.92 Å². The molecule has 1 radical (unpaired) electrons. The number of halogens is 2. The average Bonchev–Trinajstić information content (AvgIpc) is 1.78. The molecule has 0 spiro atoms. The Hall–Kier alpha value is 0.797. The van der Waals surface area contributed by atoms with Crippen LogP contribution in [0.25, 0.3) is 0 Å². The summed E-state index contributed by atoms with van der Waals surface area (Å²) in [7, 11) is 0. The molecule has 0 aromatic heterocycles. The topological polar surface area (TPSA) is 0 Å². The molecular formula is C8H17Cl2Si. The van der Waals surface area contributed by atoms with Gasteiger partial charge in [0.25, 0.3) is 0 Å². The zero-order chi connectivity index (χ0) is 8.91. The fraction of sp³-hybridized carbons (Fsp3) is 0.875. The van der Waals surface area contributed by atoms with E-state index in [1.807, 2.05) is 6.55 Å². The predicted molar refractivity (Wildman–Crippen MR) is 56.5 cm³/mol. The van der Waals surface area contributed by atoms with Gasteiger partial charge in [-0.05, 0) is 24.9 Å². The van der Waals surface area contributed by atoms with Gasteiger partial charge in [0.15, 0.2) is 0 Å². The maximum absolute atomic E-state index is 5.94. The number of hydrogen-bond donors (Lipinski definition) is 0. The van der Waals surface area contributed by atoms with Crippen LogP contribution in [0, 0.1) is 12.3 Å². The second-order valence-corrected chi connectivity index (χ2v) is 11.7. The van der Waals surface area contributed by atoms with Crippen LogP contribution in [0.1, 0.15) is 26.7 Å². The van der Waals surface area contributed by atoms with Crippen molar-refractivity contribution in [3.63, 3.8) is 0 Å². The molecule has 0 N–H and O–H groups in total. The van der Waals surface area contributed by atoms with Crippen LogP contribution in [-0.2, 0) is 0 Å². The quantitative estimate of drug-likeness (QED) is 0.364. The van der Waals surface area contributed by atoms with Gasteiger partial charge < -0.3 is 0 Å².